The van der Waals surface area contributed by atoms with E-state index in [0.717, 1.165) is 25.7 Å². The standard InChI is InChI=1S/C13H23NO3/c1-3-17-13(16)6-9(2)14-10-4-5-11(14)8-12(15)7-10/h9-12,15H,3-8H2,1-2H3/t9-,10-,11+,12?/m0/s1. The second-order valence-electron chi connectivity index (χ2n) is 5.32. The molecule has 0 radical (unpaired) electrons. The van der Waals surface area contributed by atoms with Crippen molar-refractivity contribution in [1.29, 1.82) is 0 Å². The first-order valence-corrected chi connectivity index (χ1v) is 6.73. The Morgan fingerprint density at radius 2 is 2.00 bits per heavy atom. The number of hydrogen-bond donors (Lipinski definition) is 1. The van der Waals surface area contributed by atoms with Crippen LogP contribution in [0.15, 0.2) is 0 Å². The summed E-state index contributed by atoms with van der Waals surface area (Å²) in [6.45, 7) is 4.39. The molecule has 2 heterocycles. The van der Waals surface area contributed by atoms with Crippen LogP contribution < -0.4 is 0 Å². The summed E-state index contributed by atoms with van der Waals surface area (Å²) in [6, 6.07) is 1.17. The van der Waals surface area contributed by atoms with E-state index in [1.807, 2.05) is 6.92 Å². The van der Waals surface area contributed by atoms with Crippen molar-refractivity contribution in [3.05, 3.63) is 0 Å². The SMILES string of the molecule is CCOC(=O)C[C@H](C)N1[C@@H]2CC[C@H]1CC(O)C2. The minimum atomic E-state index is -0.140. The van der Waals surface area contributed by atoms with E-state index in [1.165, 1.54) is 0 Å². The van der Waals surface area contributed by atoms with E-state index < -0.39 is 0 Å². The van der Waals surface area contributed by atoms with E-state index >= 15 is 0 Å². The molecule has 98 valence electrons. The highest BCUT2D eigenvalue weighted by Gasteiger charge is 2.42. The summed E-state index contributed by atoms with van der Waals surface area (Å²) in [5.41, 5.74) is 0. The van der Waals surface area contributed by atoms with Gasteiger partial charge in [0, 0.05) is 18.1 Å². The fraction of sp³-hybridized carbons (Fsp3) is 0.923. The molecule has 2 bridgehead atoms. The molecule has 2 rings (SSSR count). The predicted molar refractivity (Wildman–Crippen MR) is 64.6 cm³/mol. The smallest absolute Gasteiger partial charge is 0.307 e. The van der Waals surface area contributed by atoms with Crippen LogP contribution in [0.25, 0.3) is 0 Å². The van der Waals surface area contributed by atoms with Crippen molar-refractivity contribution < 1.29 is 14.6 Å². The van der Waals surface area contributed by atoms with Gasteiger partial charge in [-0.15, -0.1) is 0 Å². The molecule has 2 fully saturated rings. The van der Waals surface area contributed by atoms with Crippen molar-refractivity contribution in [2.75, 3.05) is 6.61 Å². The summed E-state index contributed by atoms with van der Waals surface area (Å²) in [5, 5.41) is 9.74. The lowest BCUT2D eigenvalue weighted by atomic mass is 9.97. The normalized spacial score (nSPS) is 34.6. The molecular weight excluding hydrogens is 218 g/mol. The lowest BCUT2D eigenvalue weighted by Gasteiger charge is -2.40. The third-order valence-electron chi connectivity index (χ3n) is 4.04. The molecule has 4 heteroatoms. The molecule has 0 amide bonds. The number of rotatable bonds is 4. The number of ether oxygens (including phenoxy) is 1. The van der Waals surface area contributed by atoms with Crippen LogP contribution in [0, 0.1) is 0 Å². The van der Waals surface area contributed by atoms with Crippen molar-refractivity contribution >= 4 is 5.97 Å². The van der Waals surface area contributed by atoms with E-state index in [2.05, 4.69) is 11.8 Å². The number of nitrogens with zero attached hydrogens (tertiary/aromatic N) is 1. The minimum Gasteiger partial charge on any atom is -0.466 e. The average molecular weight is 241 g/mol. The first kappa shape index (κ1) is 12.8. The second-order valence-corrected chi connectivity index (χ2v) is 5.32. The van der Waals surface area contributed by atoms with E-state index in [-0.39, 0.29) is 18.1 Å². The molecule has 0 saturated carbocycles. The Labute approximate surface area is 103 Å². The number of carbonyl (C=O) groups is 1. The number of esters is 1. The zero-order valence-electron chi connectivity index (χ0n) is 10.8. The summed E-state index contributed by atoms with van der Waals surface area (Å²) < 4.78 is 5.00. The lowest BCUT2D eigenvalue weighted by Crippen LogP contribution is -2.49. The minimum absolute atomic E-state index is 0.106. The van der Waals surface area contributed by atoms with Crippen LogP contribution in [-0.2, 0) is 9.53 Å². The van der Waals surface area contributed by atoms with Gasteiger partial charge in [-0.3, -0.25) is 9.69 Å². The average Bonchev–Trinajstić information content (AvgIpc) is 2.51. The molecule has 1 unspecified atom stereocenters. The fourth-order valence-corrected chi connectivity index (χ4v) is 3.47. The summed E-state index contributed by atoms with van der Waals surface area (Å²) >= 11 is 0. The van der Waals surface area contributed by atoms with E-state index in [4.69, 9.17) is 4.74 Å². The Hall–Kier alpha value is -0.610. The number of piperidine rings is 1. The Bertz CT molecular complexity index is 268. The number of hydrogen-bond acceptors (Lipinski definition) is 4. The Morgan fingerprint density at radius 3 is 2.53 bits per heavy atom. The molecule has 17 heavy (non-hydrogen) atoms. The maximum Gasteiger partial charge on any atom is 0.307 e. The van der Waals surface area contributed by atoms with Crippen LogP contribution in [0.2, 0.25) is 0 Å². The van der Waals surface area contributed by atoms with Gasteiger partial charge in [0.1, 0.15) is 0 Å². The Morgan fingerprint density at radius 1 is 1.41 bits per heavy atom. The molecule has 0 aromatic heterocycles. The number of aliphatic hydroxyl groups is 1. The highest BCUT2D eigenvalue weighted by atomic mass is 16.5. The predicted octanol–water partition coefficient (Wildman–Crippen LogP) is 1.32. The van der Waals surface area contributed by atoms with Crippen molar-refractivity contribution in [1.82, 2.24) is 4.90 Å². The Kier molecular flexibility index (Phi) is 4.05. The molecule has 0 aliphatic carbocycles. The van der Waals surface area contributed by atoms with Crippen molar-refractivity contribution in [2.45, 2.75) is 70.2 Å². The number of aliphatic hydroxyl groups excluding tert-OH is 1. The van der Waals surface area contributed by atoms with E-state index in [9.17, 15) is 9.90 Å². The van der Waals surface area contributed by atoms with Crippen molar-refractivity contribution in [3.8, 4) is 0 Å². The molecular formula is C13H23NO3. The summed E-state index contributed by atoms with van der Waals surface area (Å²) in [6.07, 6.45) is 4.38. The molecule has 0 aromatic carbocycles. The van der Waals surface area contributed by atoms with Crippen LogP contribution in [0.3, 0.4) is 0 Å². The number of carbonyl (C=O) groups excluding carboxylic acids is 1. The van der Waals surface area contributed by atoms with Crippen molar-refractivity contribution in [3.63, 3.8) is 0 Å². The summed E-state index contributed by atoms with van der Waals surface area (Å²) in [7, 11) is 0. The topological polar surface area (TPSA) is 49.8 Å². The van der Waals surface area contributed by atoms with Gasteiger partial charge in [0.2, 0.25) is 0 Å². The maximum absolute atomic E-state index is 11.5. The van der Waals surface area contributed by atoms with Crippen LogP contribution >= 0.6 is 0 Å². The van der Waals surface area contributed by atoms with E-state index in [1.54, 1.807) is 0 Å². The number of fused-ring (bicyclic) bond motifs is 2. The van der Waals surface area contributed by atoms with Gasteiger partial charge in [0.15, 0.2) is 0 Å². The fourth-order valence-electron chi connectivity index (χ4n) is 3.47. The van der Waals surface area contributed by atoms with Gasteiger partial charge in [0.05, 0.1) is 19.1 Å². The highest BCUT2D eigenvalue weighted by Crippen LogP contribution is 2.37. The maximum atomic E-state index is 11.5. The molecule has 2 saturated heterocycles. The molecule has 2 aliphatic heterocycles. The first-order chi connectivity index (χ1) is 8.11. The van der Waals surface area contributed by atoms with Crippen LogP contribution in [-0.4, -0.2) is 46.8 Å². The van der Waals surface area contributed by atoms with E-state index in [0.29, 0.717) is 25.1 Å². The van der Waals surface area contributed by atoms with Crippen LogP contribution in [0.5, 0.6) is 0 Å². The molecule has 1 N–H and O–H groups in total. The van der Waals surface area contributed by atoms with Crippen LogP contribution in [0.1, 0.15) is 46.0 Å². The van der Waals surface area contributed by atoms with Gasteiger partial charge in [-0.05, 0) is 39.5 Å². The van der Waals surface area contributed by atoms with Gasteiger partial charge >= 0.3 is 5.97 Å². The summed E-state index contributed by atoms with van der Waals surface area (Å²) in [4.78, 5) is 13.9. The lowest BCUT2D eigenvalue weighted by molar-refractivity contribution is -0.145. The van der Waals surface area contributed by atoms with Gasteiger partial charge in [-0.2, -0.15) is 0 Å². The van der Waals surface area contributed by atoms with Crippen molar-refractivity contribution in [2.24, 2.45) is 0 Å². The third kappa shape index (κ3) is 2.80. The molecule has 4 atom stereocenters. The molecule has 0 aromatic rings. The quantitative estimate of drug-likeness (QED) is 0.754. The third-order valence-corrected chi connectivity index (χ3v) is 4.04. The second kappa shape index (κ2) is 5.36. The highest BCUT2D eigenvalue weighted by molar-refractivity contribution is 5.70. The van der Waals surface area contributed by atoms with Gasteiger partial charge in [-0.1, -0.05) is 0 Å². The van der Waals surface area contributed by atoms with Gasteiger partial charge < -0.3 is 9.84 Å². The Balaban J connectivity index is 1.91. The molecule has 4 nitrogen and oxygen atoms in total. The monoisotopic (exact) mass is 241 g/mol. The van der Waals surface area contributed by atoms with Crippen LogP contribution in [0.4, 0.5) is 0 Å². The molecule has 0 spiro atoms. The zero-order chi connectivity index (χ0) is 12.4. The first-order valence-electron chi connectivity index (χ1n) is 6.73. The van der Waals surface area contributed by atoms with Gasteiger partial charge in [-0.25, -0.2) is 0 Å². The largest absolute Gasteiger partial charge is 0.466 e. The zero-order valence-corrected chi connectivity index (χ0v) is 10.8. The summed E-state index contributed by atoms with van der Waals surface area (Å²) in [5.74, 6) is -0.106. The van der Waals surface area contributed by atoms with Gasteiger partial charge in [0.25, 0.3) is 0 Å². The molecule has 2 aliphatic rings.